The van der Waals surface area contributed by atoms with Crippen molar-refractivity contribution in [1.82, 2.24) is 20.5 Å². The number of ether oxygens (including phenoxy) is 1. The lowest BCUT2D eigenvalue weighted by Gasteiger charge is -2.37. The molecule has 0 spiro atoms. The van der Waals surface area contributed by atoms with Crippen LogP contribution in [0.4, 0.5) is 0 Å². The molecule has 1 fully saturated rings. The van der Waals surface area contributed by atoms with Crippen LogP contribution in [-0.2, 0) is 11.2 Å². The smallest absolute Gasteiger partial charge is 0.191 e. The number of nitrogens with zero attached hydrogens (tertiary/aromatic N) is 2. The molecular formula is C22H36IN5O. The summed E-state index contributed by atoms with van der Waals surface area (Å²) in [5.74, 6) is 0.895. The Labute approximate surface area is 191 Å². The fraction of sp³-hybridized carbons (Fsp3) is 0.591. The first-order valence-electron chi connectivity index (χ1n) is 10.5. The maximum atomic E-state index is 5.55. The van der Waals surface area contributed by atoms with E-state index in [2.05, 4.69) is 72.6 Å². The van der Waals surface area contributed by atoms with Crippen molar-refractivity contribution in [2.75, 3.05) is 39.4 Å². The molecule has 0 bridgehead atoms. The summed E-state index contributed by atoms with van der Waals surface area (Å²) in [5, 5.41) is 8.21. The van der Waals surface area contributed by atoms with Crippen molar-refractivity contribution in [2.45, 2.75) is 46.2 Å². The molecule has 1 aliphatic heterocycles. The molecule has 0 aliphatic carbocycles. The van der Waals surface area contributed by atoms with Crippen LogP contribution in [0.3, 0.4) is 0 Å². The van der Waals surface area contributed by atoms with Gasteiger partial charge in [0.1, 0.15) is 0 Å². The highest BCUT2D eigenvalue weighted by Crippen LogP contribution is 2.22. The van der Waals surface area contributed by atoms with Crippen LogP contribution >= 0.6 is 24.0 Å². The van der Waals surface area contributed by atoms with Gasteiger partial charge in [-0.1, -0.05) is 12.1 Å². The van der Waals surface area contributed by atoms with Crippen LogP contribution in [0.25, 0.3) is 10.9 Å². The molecule has 162 valence electrons. The average Bonchev–Trinajstić information content (AvgIpc) is 3.11. The minimum Gasteiger partial charge on any atom is -0.379 e. The second kappa shape index (κ2) is 11.8. The second-order valence-electron chi connectivity index (χ2n) is 7.72. The molecule has 0 amide bonds. The van der Waals surface area contributed by atoms with Gasteiger partial charge in [-0.15, -0.1) is 24.0 Å². The lowest BCUT2D eigenvalue weighted by atomic mass is 10.1. The van der Waals surface area contributed by atoms with Crippen LogP contribution in [-0.4, -0.2) is 67.3 Å². The average molecular weight is 513 g/mol. The van der Waals surface area contributed by atoms with Crippen LogP contribution in [0.15, 0.2) is 29.4 Å². The summed E-state index contributed by atoms with van der Waals surface area (Å²) in [4.78, 5) is 10.7. The maximum absolute atomic E-state index is 5.55. The van der Waals surface area contributed by atoms with E-state index in [1.807, 2.05) is 0 Å². The molecule has 6 nitrogen and oxygen atoms in total. The first-order chi connectivity index (χ1) is 13.6. The molecule has 2 atom stereocenters. The van der Waals surface area contributed by atoms with E-state index >= 15 is 0 Å². The number of aromatic amines is 1. The number of fused-ring (bicyclic) bond motifs is 1. The van der Waals surface area contributed by atoms with Crippen molar-refractivity contribution in [3.05, 3.63) is 35.5 Å². The number of halogens is 1. The van der Waals surface area contributed by atoms with Gasteiger partial charge >= 0.3 is 0 Å². The fourth-order valence-electron chi connectivity index (χ4n) is 4.03. The fourth-order valence-corrected chi connectivity index (χ4v) is 4.03. The van der Waals surface area contributed by atoms with Gasteiger partial charge in [0, 0.05) is 48.8 Å². The molecule has 1 saturated heterocycles. The number of rotatable bonds is 7. The molecule has 7 heteroatoms. The molecule has 0 saturated carbocycles. The third kappa shape index (κ3) is 6.33. The number of hydrogen-bond donors (Lipinski definition) is 3. The highest BCUT2D eigenvalue weighted by atomic mass is 127. The van der Waals surface area contributed by atoms with Crippen molar-refractivity contribution in [3.8, 4) is 0 Å². The predicted octanol–water partition coefficient (Wildman–Crippen LogP) is 3.30. The van der Waals surface area contributed by atoms with E-state index in [0.29, 0.717) is 12.1 Å². The van der Waals surface area contributed by atoms with Crippen molar-refractivity contribution in [1.29, 1.82) is 0 Å². The third-order valence-corrected chi connectivity index (χ3v) is 5.53. The Hall–Kier alpha value is -1.32. The van der Waals surface area contributed by atoms with E-state index < -0.39 is 0 Å². The summed E-state index contributed by atoms with van der Waals surface area (Å²) in [7, 11) is 0. The Morgan fingerprint density at radius 3 is 2.97 bits per heavy atom. The highest BCUT2D eigenvalue weighted by Gasteiger charge is 2.23. The highest BCUT2D eigenvalue weighted by molar-refractivity contribution is 14.0. The van der Waals surface area contributed by atoms with Gasteiger partial charge in [-0.2, -0.15) is 0 Å². The summed E-state index contributed by atoms with van der Waals surface area (Å²) in [5.41, 5.74) is 3.89. The molecule has 1 aromatic carbocycles. The first-order valence-corrected chi connectivity index (χ1v) is 10.5. The molecular weight excluding hydrogens is 477 g/mol. The molecule has 1 aromatic heterocycles. The number of benzene rings is 1. The third-order valence-electron chi connectivity index (χ3n) is 5.53. The molecule has 1 aliphatic rings. The molecule has 3 N–H and O–H groups in total. The van der Waals surface area contributed by atoms with Crippen molar-refractivity contribution in [2.24, 2.45) is 4.99 Å². The van der Waals surface area contributed by atoms with Crippen LogP contribution in [0.2, 0.25) is 0 Å². The van der Waals surface area contributed by atoms with Gasteiger partial charge in [0.25, 0.3) is 0 Å². The summed E-state index contributed by atoms with van der Waals surface area (Å²) < 4.78 is 5.55. The number of aliphatic imine (C=N–C) groups is 1. The minimum atomic E-state index is 0. The molecule has 3 rings (SSSR count). The van der Waals surface area contributed by atoms with Gasteiger partial charge in [0.2, 0.25) is 0 Å². The van der Waals surface area contributed by atoms with E-state index in [-0.39, 0.29) is 24.0 Å². The van der Waals surface area contributed by atoms with Crippen LogP contribution in [0.1, 0.15) is 31.9 Å². The zero-order valence-electron chi connectivity index (χ0n) is 18.1. The van der Waals surface area contributed by atoms with E-state index in [0.717, 1.165) is 51.8 Å². The van der Waals surface area contributed by atoms with Gasteiger partial charge in [-0.3, -0.25) is 9.89 Å². The first kappa shape index (κ1) is 24.0. The van der Waals surface area contributed by atoms with Gasteiger partial charge < -0.3 is 20.4 Å². The van der Waals surface area contributed by atoms with Crippen LogP contribution < -0.4 is 10.6 Å². The van der Waals surface area contributed by atoms with Gasteiger partial charge in [-0.05, 0) is 51.3 Å². The lowest BCUT2D eigenvalue weighted by Crippen LogP contribution is -2.49. The number of nitrogens with one attached hydrogen (secondary N) is 3. The number of guanidine groups is 1. The Morgan fingerprint density at radius 2 is 2.21 bits per heavy atom. The van der Waals surface area contributed by atoms with Crippen molar-refractivity contribution < 1.29 is 4.74 Å². The standard InChI is InChI=1S/C22H35N5O.HI/c1-5-23-22(26-13-17(3)27-11-12-28-15-18(27)4)24-10-9-19-14-25-20-8-6-7-16(2)21(19)20;/h6-8,14,17-18,25H,5,9-13,15H2,1-4H3,(H2,23,24,26);1H. The number of morpholine rings is 1. The zero-order valence-corrected chi connectivity index (χ0v) is 20.5. The van der Waals surface area contributed by atoms with Gasteiger partial charge in [0.15, 0.2) is 5.96 Å². The maximum Gasteiger partial charge on any atom is 0.191 e. The topological polar surface area (TPSA) is 64.7 Å². The summed E-state index contributed by atoms with van der Waals surface area (Å²) >= 11 is 0. The van der Waals surface area contributed by atoms with Crippen LogP contribution in [0.5, 0.6) is 0 Å². The molecule has 29 heavy (non-hydrogen) atoms. The SMILES string of the molecule is CCNC(=NCC(C)N1CCOCC1C)NCCc1c[nH]c2cccc(C)c12.I. The van der Waals surface area contributed by atoms with E-state index in [1.165, 1.54) is 22.0 Å². The Bertz CT molecular complexity index is 791. The van der Waals surface area contributed by atoms with E-state index in [1.54, 1.807) is 0 Å². The van der Waals surface area contributed by atoms with E-state index in [9.17, 15) is 0 Å². The number of aryl methyl sites for hydroxylation is 1. The second-order valence-corrected chi connectivity index (χ2v) is 7.72. The predicted molar refractivity (Wildman–Crippen MR) is 133 cm³/mol. The number of H-pyrrole nitrogens is 1. The number of hydrogen-bond acceptors (Lipinski definition) is 3. The molecule has 2 heterocycles. The molecule has 2 aromatic rings. The molecule has 2 unspecified atom stereocenters. The molecule has 0 radical (unpaired) electrons. The Morgan fingerprint density at radius 1 is 1.38 bits per heavy atom. The minimum absolute atomic E-state index is 0. The Kier molecular flexibility index (Phi) is 9.71. The van der Waals surface area contributed by atoms with Crippen molar-refractivity contribution in [3.63, 3.8) is 0 Å². The lowest BCUT2D eigenvalue weighted by molar-refractivity contribution is -0.0165. The monoisotopic (exact) mass is 513 g/mol. The Balaban J connectivity index is 0.00000300. The van der Waals surface area contributed by atoms with Gasteiger partial charge in [-0.25, -0.2) is 0 Å². The number of aromatic nitrogens is 1. The van der Waals surface area contributed by atoms with Gasteiger partial charge in [0.05, 0.1) is 19.8 Å². The summed E-state index contributed by atoms with van der Waals surface area (Å²) in [6.07, 6.45) is 3.09. The van der Waals surface area contributed by atoms with Crippen molar-refractivity contribution >= 4 is 40.8 Å². The zero-order chi connectivity index (χ0) is 19.9. The summed E-state index contributed by atoms with van der Waals surface area (Å²) in [6, 6.07) is 7.28. The van der Waals surface area contributed by atoms with E-state index in [4.69, 9.17) is 9.73 Å². The van der Waals surface area contributed by atoms with Crippen LogP contribution in [0, 0.1) is 6.92 Å². The largest absolute Gasteiger partial charge is 0.379 e. The quantitative estimate of drug-likeness (QED) is 0.302. The normalized spacial score (nSPS) is 19.0. The summed E-state index contributed by atoms with van der Waals surface area (Å²) in [6.45, 7) is 13.9.